The molecule has 2 aromatic carbocycles. The number of carbonyl (C=O) groups is 1. The molecular weight excluding hydrogens is 412 g/mol. The number of anilines is 1. The van der Waals surface area contributed by atoms with Gasteiger partial charge in [-0.25, -0.2) is 9.97 Å². The fraction of sp³-hybridized carbons (Fsp3) is 0.130. The van der Waals surface area contributed by atoms with Gasteiger partial charge in [0.2, 0.25) is 5.91 Å². The van der Waals surface area contributed by atoms with Gasteiger partial charge in [0, 0.05) is 22.6 Å². The summed E-state index contributed by atoms with van der Waals surface area (Å²) in [7, 11) is 1.59. The number of nitrogens with one attached hydrogen (secondary N) is 1. The summed E-state index contributed by atoms with van der Waals surface area (Å²) < 4.78 is 6.42. The Kier molecular flexibility index (Phi) is 5.90. The average Bonchev–Trinajstić information content (AvgIpc) is 3.21. The van der Waals surface area contributed by atoms with Gasteiger partial charge in [-0.1, -0.05) is 18.2 Å². The highest BCUT2D eigenvalue weighted by atomic mass is 32.1. The van der Waals surface area contributed by atoms with Crippen LogP contribution in [0.5, 0.6) is 5.75 Å². The van der Waals surface area contributed by atoms with Crippen molar-refractivity contribution in [3.05, 3.63) is 81.7 Å². The number of amides is 1. The SMILES string of the molecule is COc1ccc(-c2cc(=O)n(CC(=O)Nc3ccccc3-c3csc(C)n3)cn2)cc1. The number of hydrogen-bond acceptors (Lipinski definition) is 6. The number of para-hydroxylation sites is 1. The molecule has 0 spiro atoms. The van der Waals surface area contributed by atoms with Crippen molar-refractivity contribution in [1.82, 2.24) is 14.5 Å². The van der Waals surface area contributed by atoms with Crippen LogP contribution in [0.25, 0.3) is 22.5 Å². The molecular formula is C23H20N4O3S. The highest BCUT2D eigenvalue weighted by Crippen LogP contribution is 2.28. The molecule has 7 nitrogen and oxygen atoms in total. The average molecular weight is 433 g/mol. The molecule has 0 atom stereocenters. The molecule has 0 bridgehead atoms. The van der Waals surface area contributed by atoms with Crippen LogP contribution in [0.15, 0.2) is 71.1 Å². The normalized spacial score (nSPS) is 10.6. The molecule has 4 aromatic rings. The second-order valence-electron chi connectivity index (χ2n) is 6.81. The second-order valence-corrected chi connectivity index (χ2v) is 7.88. The predicted octanol–water partition coefficient (Wildman–Crippen LogP) is 3.99. The lowest BCUT2D eigenvalue weighted by Gasteiger charge is -2.11. The number of aryl methyl sites for hydroxylation is 1. The zero-order chi connectivity index (χ0) is 21.8. The van der Waals surface area contributed by atoms with Crippen LogP contribution in [-0.2, 0) is 11.3 Å². The van der Waals surface area contributed by atoms with E-state index in [1.807, 2.05) is 48.7 Å². The standard InChI is InChI=1S/C23H20N4O3S/c1-15-25-21(13-31-15)18-5-3-4-6-19(18)26-22(28)12-27-14-24-20(11-23(27)29)16-7-9-17(30-2)10-8-16/h3-11,13-14H,12H2,1-2H3,(H,26,28). The quantitative estimate of drug-likeness (QED) is 0.498. The molecule has 0 aliphatic rings. The molecule has 4 rings (SSSR count). The molecule has 156 valence electrons. The Morgan fingerprint density at radius 1 is 1.13 bits per heavy atom. The highest BCUT2D eigenvalue weighted by Gasteiger charge is 2.12. The van der Waals surface area contributed by atoms with Crippen molar-refractivity contribution in [2.75, 3.05) is 12.4 Å². The van der Waals surface area contributed by atoms with Gasteiger partial charge in [0.1, 0.15) is 12.3 Å². The summed E-state index contributed by atoms with van der Waals surface area (Å²) in [4.78, 5) is 34.0. The van der Waals surface area contributed by atoms with Gasteiger partial charge in [-0.05, 0) is 37.3 Å². The number of nitrogens with zero attached hydrogens (tertiary/aromatic N) is 3. The smallest absolute Gasteiger partial charge is 0.254 e. The van der Waals surface area contributed by atoms with Gasteiger partial charge < -0.3 is 10.1 Å². The van der Waals surface area contributed by atoms with Gasteiger partial charge in [0.15, 0.2) is 0 Å². The van der Waals surface area contributed by atoms with Crippen molar-refractivity contribution in [3.8, 4) is 28.3 Å². The molecule has 31 heavy (non-hydrogen) atoms. The van der Waals surface area contributed by atoms with Crippen LogP contribution >= 0.6 is 11.3 Å². The maximum absolute atomic E-state index is 12.6. The highest BCUT2D eigenvalue weighted by molar-refractivity contribution is 7.09. The third-order valence-corrected chi connectivity index (χ3v) is 5.45. The Morgan fingerprint density at radius 2 is 1.90 bits per heavy atom. The Morgan fingerprint density at radius 3 is 2.58 bits per heavy atom. The van der Waals surface area contributed by atoms with Gasteiger partial charge in [-0.15, -0.1) is 11.3 Å². The summed E-state index contributed by atoms with van der Waals surface area (Å²) in [5.41, 5.74) is 3.31. The van der Waals surface area contributed by atoms with Crippen LogP contribution in [0.1, 0.15) is 5.01 Å². The summed E-state index contributed by atoms with van der Waals surface area (Å²) in [5.74, 6) is 0.405. The molecule has 1 N–H and O–H groups in total. The van der Waals surface area contributed by atoms with Crippen molar-refractivity contribution in [3.63, 3.8) is 0 Å². The minimum atomic E-state index is -0.319. The van der Waals surface area contributed by atoms with E-state index in [9.17, 15) is 9.59 Å². The number of ether oxygens (including phenoxy) is 1. The number of methoxy groups -OCH3 is 1. The van der Waals surface area contributed by atoms with Crippen LogP contribution in [0.4, 0.5) is 5.69 Å². The zero-order valence-corrected chi connectivity index (χ0v) is 17.8. The third kappa shape index (κ3) is 4.70. The van der Waals surface area contributed by atoms with Gasteiger partial charge in [0.05, 0.1) is 35.5 Å². The number of rotatable bonds is 6. The molecule has 0 saturated carbocycles. The predicted molar refractivity (Wildman–Crippen MR) is 121 cm³/mol. The van der Waals surface area contributed by atoms with Crippen molar-refractivity contribution in [1.29, 1.82) is 0 Å². The lowest BCUT2D eigenvalue weighted by molar-refractivity contribution is -0.116. The van der Waals surface area contributed by atoms with E-state index < -0.39 is 0 Å². The first-order valence-corrected chi connectivity index (χ1v) is 10.4. The van der Waals surface area contributed by atoms with Crippen molar-refractivity contribution >= 4 is 22.9 Å². The lowest BCUT2D eigenvalue weighted by atomic mass is 10.1. The maximum atomic E-state index is 12.6. The molecule has 0 unspecified atom stereocenters. The van der Waals surface area contributed by atoms with Gasteiger partial charge in [-0.3, -0.25) is 14.2 Å². The van der Waals surface area contributed by atoms with E-state index >= 15 is 0 Å². The first-order valence-electron chi connectivity index (χ1n) is 9.56. The van der Waals surface area contributed by atoms with Gasteiger partial charge in [-0.2, -0.15) is 0 Å². The second kappa shape index (κ2) is 8.93. The molecule has 0 radical (unpaired) electrons. The first kappa shape index (κ1) is 20.5. The van der Waals surface area contributed by atoms with E-state index in [0.717, 1.165) is 27.6 Å². The molecule has 2 heterocycles. The van der Waals surface area contributed by atoms with Crippen molar-refractivity contribution < 1.29 is 9.53 Å². The van der Waals surface area contributed by atoms with Crippen LogP contribution in [0, 0.1) is 6.92 Å². The summed E-state index contributed by atoms with van der Waals surface area (Å²) in [6.07, 6.45) is 1.39. The molecule has 0 saturated heterocycles. The van der Waals surface area contributed by atoms with E-state index in [1.54, 1.807) is 30.6 Å². The summed E-state index contributed by atoms with van der Waals surface area (Å²) >= 11 is 1.55. The van der Waals surface area contributed by atoms with Crippen LogP contribution in [0.2, 0.25) is 0 Å². The number of benzene rings is 2. The van der Waals surface area contributed by atoms with E-state index in [4.69, 9.17) is 4.74 Å². The minimum absolute atomic E-state index is 0.140. The number of carbonyl (C=O) groups excluding carboxylic acids is 1. The Balaban J connectivity index is 1.50. The molecule has 0 aliphatic carbocycles. The fourth-order valence-electron chi connectivity index (χ4n) is 3.11. The molecule has 2 aromatic heterocycles. The number of aromatic nitrogens is 3. The number of thiazole rings is 1. The molecule has 8 heteroatoms. The van der Waals surface area contributed by atoms with E-state index in [0.29, 0.717) is 11.4 Å². The zero-order valence-electron chi connectivity index (χ0n) is 17.0. The number of hydrogen-bond donors (Lipinski definition) is 1. The Labute approximate surface area is 183 Å². The first-order chi connectivity index (χ1) is 15.0. The van der Waals surface area contributed by atoms with Crippen LogP contribution < -0.4 is 15.6 Å². The molecule has 0 fully saturated rings. The largest absolute Gasteiger partial charge is 0.497 e. The Bertz CT molecular complexity index is 1280. The van der Waals surface area contributed by atoms with Gasteiger partial charge in [0.25, 0.3) is 5.56 Å². The fourth-order valence-corrected chi connectivity index (χ4v) is 3.72. The van der Waals surface area contributed by atoms with Crippen LogP contribution in [0.3, 0.4) is 0 Å². The lowest BCUT2D eigenvalue weighted by Crippen LogP contribution is -2.27. The third-order valence-electron chi connectivity index (χ3n) is 4.68. The monoisotopic (exact) mass is 432 g/mol. The summed E-state index contributed by atoms with van der Waals surface area (Å²) in [6.45, 7) is 1.80. The minimum Gasteiger partial charge on any atom is -0.497 e. The summed E-state index contributed by atoms with van der Waals surface area (Å²) in [5, 5.41) is 5.78. The van der Waals surface area contributed by atoms with Crippen molar-refractivity contribution in [2.45, 2.75) is 13.5 Å². The molecule has 1 amide bonds. The van der Waals surface area contributed by atoms with Crippen LogP contribution in [-0.4, -0.2) is 27.6 Å². The van der Waals surface area contributed by atoms with E-state index in [-0.39, 0.29) is 18.0 Å². The van der Waals surface area contributed by atoms with Crippen molar-refractivity contribution in [2.24, 2.45) is 0 Å². The summed E-state index contributed by atoms with van der Waals surface area (Å²) in [6, 6.07) is 16.1. The Hall–Kier alpha value is -3.78. The maximum Gasteiger partial charge on any atom is 0.254 e. The van der Waals surface area contributed by atoms with E-state index in [1.165, 1.54) is 17.0 Å². The van der Waals surface area contributed by atoms with Gasteiger partial charge >= 0.3 is 0 Å². The van der Waals surface area contributed by atoms with E-state index in [2.05, 4.69) is 15.3 Å². The topological polar surface area (TPSA) is 86.1 Å². The molecule has 0 aliphatic heterocycles.